The fourth-order valence-electron chi connectivity index (χ4n) is 1.50. The van der Waals surface area contributed by atoms with Gasteiger partial charge in [-0.25, -0.2) is 4.39 Å². The summed E-state index contributed by atoms with van der Waals surface area (Å²) in [4.78, 5) is 13.3. The summed E-state index contributed by atoms with van der Waals surface area (Å²) in [6.45, 7) is 4.93. The second-order valence-corrected chi connectivity index (χ2v) is 3.91. The van der Waals surface area contributed by atoms with Crippen molar-refractivity contribution in [2.24, 2.45) is 0 Å². The van der Waals surface area contributed by atoms with Crippen LogP contribution in [0.25, 0.3) is 0 Å². The van der Waals surface area contributed by atoms with E-state index in [1.807, 2.05) is 13.8 Å². The zero-order chi connectivity index (χ0) is 10.6. The molecule has 1 amide bonds. The van der Waals surface area contributed by atoms with Gasteiger partial charge in [-0.1, -0.05) is 0 Å². The molecule has 0 unspecified atom stereocenters. The molecule has 0 radical (unpaired) electrons. The fourth-order valence-corrected chi connectivity index (χ4v) is 1.50. The summed E-state index contributed by atoms with van der Waals surface area (Å²) < 4.78 is 17.1. The van der Waals surface area contributed by atoms with Gasteiger partial charge in [-0.15, -0.1) is 0 Å². The Morgan fingerprint density at radius 1 is 1.64 bits per heavy atom. The monoisotopic (exact) mass is 201 g/mol. The molecule has 80 valence electrons. The topological polar surface area (TPSA) is 29.5 Å². The molecule has 0 N–H and O–H groups in total. The summed E-state index contributed by atoms with van der Waals surface area (Å²) in [7, 11) is 0. The first-order valence-electron chi connectivity index (χ1n) is 4.70. The maximum absolute atomic E-state index is 11.8. The van der Waals surface area contributed by atoms with Gasteiger partial charge in [-0.3, -0.25) is 4.79 Å². The van der Waals surface area contributed by atoms with Crippen molar-refractivity contribution < 1.29 is 13.9 Å². The fraction of sp³-hybridized carbons (Fsp3) is 0.700. The minimum atomic E-state index is -0.601. The number of rotatable bonds is 2. The van der Waals surface area contributed by atoms with Crippen molar-refractivity contribution in [3.05, 3.63) is 12.2 Å². The first-order chi connectivity index (χ1) is 6.58. The van der Waals surface area contributed by atoms with E-state index in [4.69, 9.17) is 4.74 Å². The Morgan fingerprint density at radius 2 is 2.36 bits per heavy atom. The second-order valence-electron chi connectivity index (χ2n) is 3.91. The van der Waals surface area contributed by atoms with Gasteiger partial charge in [0.05, 0.1) is 18.8 Å². The predicted molar refractivity (Wildman–Crippen MR) is 51.7 cm³/mol. The Bertz CT molecular complexity index is 238. The number of allylic oxidation sites excluding steroid dienone is 1. The lowest BCUT2D eigenvalue weighted by Crippen LogP contribution is -2.55. The Balaban J connectivity index is 2.65. The summed E-state index contributed by atoms with van der Waals surface area (Å²) in [6, 6.07) is 0. The van der Waals surface area contributed by atoms with Crippen LogP contribution in [-0.2, 0) is 9.53 Å². The minimum Gasteiger partial charge on any atom is -0.377 e. The molecule has 4 heteroatoms. The van der Waals surface area contributed by atoms with E-state index >= 15 is 0 Å². The van der Waals surface area contributed by atoms with Crippen LogP contribution < -0.4 is 0 Å². The molecule has 0 aromatic heterocycles. The van der Waals surface area contributed by atoms with Gasteiger partial charge in [0.1, 0.15) is 6.67 Å². The molecule has 1 aliphatic rings. The molecule has 0 aromatic rings. The molecule has 1 heterocycles. The standard InChI is InChI=1S/C10H16FNO2/c1-10(2)8-14-7-6-12(10)9(13)4-3-5-11/h3-4H,5-8H2,1-2H3/b4-3+. The van der Waals surface area contributed by atoms with E-state index < -0.39 is 6.67 Å². The summed E-state index contributed by atoms with van der Waals surface area (Å²) in [5.74, 6) is -0.143. The number of alkyl halides is 1. The SMILES string of the molecule is CC1(C)COCCN1C(=O)/C=C/CF. The van der Waals surface area contributed by atoms with Gasteiger partial charge in [0.25, 0.3) is 0 Å². The lowest BCUT2D eigenvalue weighted by Gasteiger charge is -2.41. The average Bonchev–Trinajstić information content (AvgIpc) is 2.13. The van der Waals surface area contributed by atoms with Gasteiger partial charge in [0.15, 0.2) is 0 Å². The molecule has 1 aliphatic heterocycles. The molecule has 0 spiro atoms. The molecule has 1 fully saturated rings. The van der Waals surface area contributed by atoms with Crippen molar-refractivity contribution in [2.45, 2.75) is 19.4 Å². The third-order valence-electron chi connectivity index (χ3n) is 2.26. The van der Waals surface area contributed by atoms with Gasteiger partial charge < -0.3 is 9.64 Å². The van der Waals surface area contributed by atoms with Crippen LogP contribution in [0.4, 0.5) is 4.39 Å². The van der Waals surface area contributed by atoms with E-state index in [-0.39, 0.29) is 11.4 Å². The van der Waals surface area contributed by atoms with Crippen LogP contribution in [0.3, 0.4) is 0 Å². The number of morpholine rings is 1. The van der Waals surface area contributed by atoms with Crippen LogP contribution in [-0.4, -0.2) is 42.8 Å². The lowest BCUT2D eigenvalue weighted by atomic mass is 10.0. The number of ether oxygens (including phenoxy) is 1. The average molecular weight is 201 g/mol. The Morgan fingerprint density at radius 3 is 2.93 bits per heavy atom. The molecular formula is C10H16FNO2. The molecule has 0 aromatic carbocycles. The van der Waals surface area contributed by atoms with Crippen molar-refractivity contribution >= 4 is 5.91 Å². The van der Waals surface area contributed by atoms with Gasteiger partial charge in [-0.05, 0) is 19.9 Å². The van der Waals surface area contributed by atoms with Crippen LogP contribution in [0, 0.1) is 0 Å². The van der Waals surface area contributed by atoms with Gasteiger partial charge in [-0.2, -0.15) is 0 Å². The van der Waals surface area contributed by atoms with Gasteiger partial charge >= 0.3 is 0 Å². The van der Waals surface area contributed by atoms with Crippen molar-refractivity contribution in [1.29, 1.82) is 0 Å². The Kier molecular flexibility index (Phi) is 3.63. The predicted octanol–water partition coefficient (Wildman–Crippen LogP) is 1.15. The van der Waals surface area contributed by atoms with Crippen molar-refractivity contribution in [3.63, 3.8) is 0 Å². The normalized spacial score (nSPS) is 21.5. The zero-order valence-corrected chi connectivity index (χ0v) is 8.62. The van der Waals surface area contributed by atoms with Crippen LogP contribution in [0.1, 0.15) is 13.8 Å². The number of nitrogens with zero attached hydrogens (tertiary/aromatic N) is 1. The summed E-state index contributed by atoms with van der Waals surface area (Å²) in [5.41, 5.74) is -0.296. The largest absolute Gasteiger partial charge is 0.377 e. The van der Waals surface area contributed by atoms with E-state index in [9.17, 15) is 9.18 Å². The highest BCUT2D eigenvalue weighted by Crippen LogP contribution is 2.19. The third-order valence-corrected chi connectivity index (χ3v) is 2.26. The van der Waals surface area contributed by atoms with E-state index in [0.717, 1.165) is 0 Å². The summed E-state index contributed by atoms with van der Waals surface area (Å²) in [6.07, 6.45) is 2.51. The Labute approximate surface area is 83.5 Å². The highest BCUT2D eigenvalue weighted by atomic mass is 19.1. The molecule has 1 rings (SSSR count). The molecular weight excluding hydrogens is 185 g/mol. The van der Waals surface area contributed by atoms with Gasteiger partial charge in [0.2, 0.25) is 5.91 Å². The zero-order valence-electron chi connectivity index (χ0n) is 8.62. The molecule has 0 bridgehead atoms. The highest BCUT2D eigenvalue weighted by Gasteiger charge is 2.32. The van der Waals surface area contributed by atoms with Crippen molar-refractivity contribution in [1.82, 2.24) is 4.90 Å². The van der Waals surface area contributed by atoms with Crippen LogP contribution in [0.15, 0.2) is 12.2 Å². The number of amides is 1. The number of hydrogen-bond donors (Lipinski definition) is 0. The molecule has 14 heavy (non-hydrogen) atoms. The van der Waals surface area contributed by atoms with Crippen molar-refractivity contribution in [3.8, 4) is 0 Å². The van der Waals surface area contributed by atoms with E-state index in [0.29, 0.717) is 19.8 Å². The molecule has 0 aliphatic carbocycles. The smallest absolute Gasteiger partial charge is 0.246 e. The number of carbonyl (C=O) groups is 1. The minimum absolute atomic E-state index is 0.143. The maximum atomic E-state index is 11.8. The molecule has 1 saturated heterocycles. The van der Waals surface area contributed by atoms with Crippen LogP contribution in [0.5, 0.6) is 0 Å². The molecule has 0 saturated carbocycles. The van der Waals surface area contributed by atoms with Crippen LogP contribution >= 0.6 is 0 Å². The number of hydrogen-bond acceptors (Lipinski definition) is 2. The summed E-state index contributed by atoms with van der Waals surface area (Å²) >= 11 is 0. The highest BCUT2D eigenvalue weighted by molar-refractivity contribution is 5.88. The molecule has 3 nitrogen and oxygen atoms in total. The molecule has 0 atom stereocenters. The first kappa shape index (κ1) is 11.2. The van der Waals surface area contributed by atoms with E-state index in [2.05, 4.69) is 0 Å². The van der Waals surface area contributed by atoms with Crippen LogP contribution in [0.2, 0.25) is 0 Å². The van der Waals surface area contributed by atoms with Gasteiger partial charge in [0, 0.05) is 12.6 Å². The maximum Gasteiger partial charge on any atom is 0.246 e. The first-order valence-corrected chi connectivity index (χ1v) is 4.70. The Hall–Kier alpha value is -0.900. The second kappa shape index (κ2) is 4.55. The number of halogens is 1. The quantitative estimate of drug-likeness (QED) is 0.627. The lowest BCUT2D eigenvalue weighted by molar-refractivity contribution is -0.140. The van der Waals surface area contributed by atoms with Crippen molar-refractivity contribution in [2.75, 3.05) is 26.4 Å². The van der Waals surface area contributed by atoms with E-state index in [1.54, 1.807) is 4.90 Å². The third kappa shape index (κ3) is 2.54. The number of carbonyl (C=O) groups excluding carboxylic acids is 1. The summed E-state index contributed by atoms with van der Waals surface area (Å²) in [5, 5.41) is 0. The van der Waals surface area contributed by atoms with E-state index in [1.165, 1.54) is 12.2 Å².